The summed E-state index contributed by atoms with van der Waals surface area (Å²) in [5, 5.41) is 0. The van der Waals surface area contributed by atoms with Crippen molar-refractivity contribution in [3.8, 4) is 5.75 Å². The van der Waals surface area contributed by atoms with Gasteiger partial charge >= 0.3 is 0 Å². The second-order valence-corrected chi connectivity index (χ2v) is 7.10. The van der Waals surface area contributed by atoms with Crippen LogP contribution in [-0.2, 0) is 10.0 Å². The highest BCUT2D eigenvalue weighted by Gasteiger charge is 2.25. The van der Waals surface area contributed by atoms with Gasteiger partial charge in [-0.2, -0.15) is 0 Å². The Bertz CT molecular complexity index is 769. The van der Waals surface area contributed by atoms with Gasteiger partial charge in [-0.05, 0) is 44.9 Å². The zero-order chi connectivity index (χ0) is 17.0. The van der Waals surface area contributed by atoms with Crippen LogP contribution in [0.25, 0.3) is 0 Å². The van der Waals surface area contributed by atoms with Crippen LogP contribution in [0.1, 0.15) is 43.4 Å². The Morgan fingerprint density at radius 1 is 1.30 bits per heavy atom. The van der Waals surface area contributed by atoms with E-state index in [1.807, 2.05) is 33.8 Å². The predicted molar refractivity (Wildman–Crippen MR) is 89.0 cm³/mol. The zero-order valence-corrected chi connectivity index (χ0v) is 14.7. The van der Waals surface area contributed by atoms with Crippen LogP contribution in [-0.4, -0.2) is 25.0 Å². The van der Waals surface area contributed by atoms with Gasteiger partial charge in [-0.3, -0.25) is 0 Å². The Balaban J connectivity index is 2.36. The Hall–Kier alpha value is -1.86. The normalized spacial score (nSPS) is 13.0. The molecule has 0 amide bonds. The SMILES string of the molecule is CCOc1ccc(C)cc1S(=O)(=O)NC(CC)c1ncc(C)[nH]1. The third-order valence-corrected chi connectivity index (χ3v) is 4.94. The summed E-state index contributed by atoms with van der Waals surface area (Å²) in [6.45, 7) is 7.86. The molecule has 0 aliphatic carbocycles. The second kappa shape index (κ2) is 7.14. The molecule has 1 aromatic carbocycles. The highest BCUT2D eigenvalue weighted by molar-refractivity contribution is 7.89. The van der Waals surface area contributed by atoms with Crippen LogP contribution >= 0.6 is 0 Å². The van der Waals surface area contributed by atoms with Crippen molar-refractivity contribution in [1.29, 1.82) is 0 Å². The molecular formula is C16H23N3O3S. The second-order valence-electron chi connectivity index (χ2n) is 5.42. The maximum atomic E-state index is 12.8. The van der Waals surface area contributed by atoms with E-state index in [9.17, 15) is 8.42 Å². The first-order valence-corrected chi connectivity index (χ1v) is 9.13. The zero-order valence-electron chi connectivity index (χ0n) is 13.9. The van der Waals surface area contributed by atoms with Crippen molar-refractivity contribution in [1.82, 2.24) is 14.7 Å². The van der Waals surface area contributed by atoms with Crippen molar-refractivity contribution in [2.45, 2.75) is 45.1 Å². The van der Waals surface area contributed by atoms with Gasteiger partial charge < -0.3 is 9.72 Å². The summed E-state index contributed by atoms with van der Waals surface area (Å²) >= 11 is 0. The largest absolute Gasteiger partial charge is 0.492 e. The van der Waals surface area contributed by atoms with Crippen molar-refractivity contribution in [2.24, 2.45) is 0 Å². The lowest BCUT2D eigenvalue weighted by molar-refractivity contribution is 0.330. The number of hydrogen-bond acceptors (Lipinski definition) is 4. The van der Waals surface area contributed by atoms with Crippen LogP contribution in [0.15, 0.2) is 29.3 Å². The van der Waals surface area contributed by atoms with Crippen LogP contribution in [0.3, 0.4) is 0 Å². The van der Waals surface area contributed by atoms with Crippen LogP contribution in [0.2, 0.25) is 0 Å². The number of aromatic nitrogens is 2. The van der Waals surface area contributed by atoms with E-state index in [1.165, 1.54) is 0 Å². The Morgan fingerprint density at radius 3 is 2.61 bits per heavy atom. The van der Waals surface area contributed by atoms with Crippen molar-refractivity contribution < 1.29 is 13.2 Å². The molecule has 0 radical (unpaired) electrons. The monoisotopic (exact) mass is 337 g/mol. The Morgan fingerprint density at radius 2 is 2.04 bits per heavy atom. The number of ether oxygens (including phenoxy) is 1. The number of hydrogen-bond donors (Lipinski definition) is 2. The molecule has 7 heteroatoms. The van der Waals surface area contributed by atoms with E-state index in [0.29, 0.717) is 24.6 Å². The fraction of sp³-hybridized carbons (Fsp3) is 0.438. The fourth-order valence-corrected chi connectivity index (χ4v) is 3.81. The van der Waals surface area contributed by atoms with Gasteiger partial charge in [-0.15, -0.1) is 0 Å². The first-order chi connectivity index (χ1) is 10.9. The lowest BCUT2D eigenvalue weighted by atomic mass is 10.2. The summed E-state index contributed by atoms with van der Waals surface area (Å²) in [6.07, 6.45) is 2.27. The quantitative estimate of drug-likeness (QED) is 0.814. The molecule has 126 valence electrons. The number of benzene rings is 1. The Kier molecular flexibility index (Phi) is 5.43. The number of nitrogens with one attached hydrogen (secondary N) is 2. The summed E-state index contributed by atoms with van der Waals surface area (Å²) in [6, 6.07) is 4.72. The lowest BCUT2D eigenvalue weighted by Gasteiger charge is -2.17. The molecule has 2 N–H and O–H groups in total. The van der Waals surface area contributed by atoms with Gasteiger partial charge in [0.15, 0.2) is 0 Å². The van der Waals surface area contributed by atoms with Crippen LogP contribution in [0.5, 0.6) is 5.75 Å². The molecule has 1 aromatic heterocycles. The molecule has 0 fully saturated rings. The standard InChI is InChI=1S/C16H23N3O3S/c1-5-13(16-17-10-12(4)18-16)19-23(20,21)15-9-11(3)7-8-14(15)22-6-2/h7-10,13,19H,5-6H2,1-4H3,(H,17,18). The van der Waals surface area contributed by atoms with Crippen LogP contribution < -0.4 is 9.46 Å². The first-order valence-electron chi connectivity index (χ1n) is 7.64. The molecule has 23 heavy (non-hydrogen) atoms. The molecule has 1 unspecified atom stereocenters. The number of H-pyrrole nitrogens is 1. The van der Waals surface area contributed by atoms with Crippen molar-refractivity contribution in [3.63, 3.8) is 0 Å². The highest BCUT2D eigenvalue weighted by Crippen LogP contribution is 2.27. The maximum Gasteiger partial charge on any atom is 0.244 e. The van der Waals surface area contributed by atoms with Gasteiger partial charge in [0.25, 0.3) is 0 Å². The van der Waals surface area contributed by atoms with Gasteiger partial charge in [0.05, 0.1) is 12.6 Å². The fourth-order valence-electron chi connectivity index (χ4n) is 2.29. The number of imidazole rings is 1. The van der Waals surface area contributed by atoms with Crippen LogP contribution in [0, 0.1) is 13.8 Å². The van der Waals surface area contributed by atoms with E-state index in [1.54, 1.807) is 18.3 Å². The van der Waals surface area contributed by atoms with Gasteiger partial charge in [0.1, 0.15) is 16.5 Å². The minimum atomic E-state index is -3.72. The summed E-state index contributed by atoms with van der Waals surface area (Å²) < 4.78 is 33.8. The summed E-state index contributed by atoms with van der Waals surface area (Å²) in [5.41, 5.74) is 1.75. The molecule has 2 rings (SSSR count). The molecule has 6 nitrogen and oxygen atoms in total. The van der Waals surface area contributed by atoms with E-state index in [0.717, 1.165) is 11.3 Å². The first kappa shape index (κ1) is 17.5. The summed E-state index contributed by atoms with van der Waals surface area (Å²) in [4.78, 5) is 7.46. The Labute approximate surface area is 137 Å². The van der Waals surface area contributed by atoms with Gasteiger partial charge in [-0.25, -0.2) is 18.1 Å². The van der Waals surface area contributed by atoms with Crippen LogP contribution in [0.4, 0.5) is 0 Å². The molecule has 0 saturated heterocycles. The van der Waals surface area contributed by atoms with Gasteiger partial charge in [0.2, 0.25) is 10.0 Å². The summed E-state index contributed by atoms with van der Waals surface area (Å²) in [7, 11) is -3.72. The van der Waals surface area contributed by atoms with Gasteiger partial charge in [0, 0.05) is 11.9 Å². The third kappa shape index (κ3) is 4.11. The number of sulfonamides is 1. The smallest absolute Gasteiger partial charge is 0.244 e. The maximum absolute atomic E-state index is 12.8. The van der Waals surface area contributed by atoms with Crippen molar-refractivity contribution in [2.75, 3.05) is 6.61 Å². The summed E-state index contributed by atoms with van der Waals surface area (Å²) in [5.74, 6) is 0.968. The minimum Gasteiger partial charge on any atom is -0.492 e. The molecule has 0 aliphatic heterocycles. The molecule has 1 atom stereocenters. The molecule has 0 aliphatic rings. The lowest BCUT2D eigenvalue weighted by Crippen LogP contribution is -2.29. The molecule has 1 heterocycles. The number of aryl methyl sites for hydroxylation is 2. The number of nitrogens with zero attached hydrogens (tertiary/aromatic N) is 1. The number of aromatic amines is 1. The van der Waals surface area contributed by atoms with E-state index in [-0.39, 0.29) is 4.90 Å². The van der Waals surface area contributed by atoms with E-state index < -0.39 is 16.1 Å². The average Bonchev–Trinajstić information content (AvgIpc) is 2.93. The van der Waals surface area contributed by atoms with Gasteiger partial charge in [-0.1, -0.05) is 13.0 Å². The molecular weight excluding hydrogens is 314 g/mol. The number of rotatable bonds is 7. The third-order valence-electron chi connectivity index (χ3n) is 3.45. The molecule has 0 saturated carbocycles. The molecule has 0 spiro atoms. The van der Waals surface area contributed by atoms with Crippen molar-refractivity contribution >= 4 is 10.0 Å². The van der Waals surface area contributed by atoms with Crippen molar-refractivity contribution in [3.05, 3.63) is 41.5 Å². The predicted octanol–water partition coefficient (Wildman–Crippen LogP) is 2.85. The molecule has 2 aromatic rings. The van der Waals surface area contributed by atoms with E-state index in [4.69, 9.17) is 4.74 Å². The van der Waals surface area contributed by atoms with E-state index >= 15 is 0 Å². The highest BCUT2D eigenvalue weighted by atomic mass is 32.2. The molecule has 0 bridgehead atoms. The topological polar surface area (TPSA) is 84.1 Å². The van der Waals surface area contributed by atoms with E-state index in [2.05, 4.69) is 14.7 Å². The average molecular weight is 337 g/mol. The minimum absolute atomic E-state index is 0.154.